The summed E-state index contributed by atoms with van der Waals surface area (Å²) in [7, 11) is 0. The van der Waals surface area contributed by atoms with Crippen LogP contribution in [0.1, 0.15) is 16.1 Å². The molecule has 0 fully saturated rings. The van der Waals surface area contributed by atoms with Crippen LogP contribution in [0.5, 0.6) is 0 Å². The van der Waals surface area contributed by atoms with Gasteiger partial charge in [-0.2, -0.15) is 5.10 Å². The Balaban J connectivity index is 1.47. The van der Waals surface area contributed by atoms with Crippen LogP contribution in [-0.2, 0) is 6.54 Å². The summed E-state index contributed by atoms with van der Waals surface area (Å²) < 4.78 is 3.64. The number of nitrogens with zero attached hydrogens (tertiary/aromatic N) is 4. The molecular weight excluding hydrogens is 320 g/mol. The maximum absolute atomic E-state index is 12.1. The third-order valence-electron chi connectivity index (χ3n) is 3.68. The van der Waals surface area contributed by atoms with Crippen molar-refractivity contribution in [2.75, 3.05) is 5.32 Å². The van der Waals surface area contributed by atoms with Crippen LogP contribution in [-0.4, -0.2) is 30.1 Å². The van der Waals surface area contributed by atoms with Crippen LogP contribution in [0.25, 0.3) is 5.65 Å². The highest BCUT2D eigenvalue weighted by atomic mass is 16.1. The topological polar surface area (TPSA) is 97.1 Å². The summed E-state index contributed by atoms with van der Waals surface area (Å²) >= 11 is 0. The Morgan fingerprint density at radius 3 is 2.92 bits per heavy atom. The van der Waals surface area contributed by atoms with E-state index in [9.17, 15) is 9.59 Å². The number of imidazole rings is 1. The Morgan fingerprint density at radius 1 is 1.20 bits per heavy atom. The monoisotopic (exact) mass is 334 g/mol. The molecule has 0 aliphatic carbocycles. The van der Waals surface area contributed by atoms with Gasteiger partial charge in [0.15, 0.2) is 0 Å². The maximum Gasteiger partial charge on any atom is 0.257 e. The van der Waals surface area contributed by atoms with E-state index in [0.29, 0.717) is 17.8 Å². The first-order valence-corrected chi connectivity index (χ1v) is 7.62. The molecule has 25 heavy (non-hydrogen) atoms. The molecular formula is C17H14N6O2. The molecule has 0 bridgehead atoms. The van der Waals surface area contributed by atoms with E-state index in [1.807, 2.05) is 35.0 Å². The third kappa shape index (κ3) is 3.18. The van der Waals surface area contributed by atoms with Crippen molar-refractivity contribution >= 4 is 17.2 Å². The number of rotatable bonds is 4. The normalized spacial score (nSPS) is 10.9. The summed E-state index contributed by atoms with van der Waals surface area (Å²) in [6, 6.07) is 8.58. The number of hydrogen-bond acceptors (Lipinski definition) is 4. The lowest BCUT2D eigenvalue weighted by molar-refractivity contribution is 0.102. The molecule has 8 heteroatoms. The fourth-order valence-electron chi connectivity index (χ4n) is 2.50. The second-order valence-electron chi connectivity index (χ2n) is 5.52. The van der Waals surface area contributed by atoms with E-state index in [4.69, 9.17) is 0 Å². The molecule has 2 N–H and O–H groups in total. The Bertz CT molecular complexity index is 1050. The van der Waals surface area contributed by atoms with Gasteiger partial charge in [-0.15, -0.1) is 0 Å². The summed E-state index contributed by atoms with van der Waals surface area (Å²) in [5, 5.41) is 6.98. The van der Waals surface area contributed by atoms with E-state index in [-0.39, 0.29) is 11.5 Å². The van der Waals surface area contributed by atoms with Crippen molar-refractivity contribution in [3.8, 4) is 0 Å². The number of hydrogen-bond donors (Lipinski definition) is 2. The molecule has 0 radical (unpaired) electrons. The third-order valence-corrected chi connectivity index (χ3v) is 3.68. The Morgan fingerprint density at radius 2 is 2.12 bits per heavy atom. The molecule has 124 valence electrons. The highest BCUT2D eigenvalue weighted by molar-refractivity contribution is 6.03. The summed E-state index contributed by atoms with van der Waals surface area (Å²) in [6.07, 6.45) is 8.55. The van der Waals surface area contributed by atoms with Gasteiger partial charge in [0.05, 0.1) is 29.7 Å². The number of nitrogens with one attached hydrogen (secondary N) is 2. The van der Waals surface area contributed by atoms with E-state index in [1.54, 1.807) is 17.1 Å². The van der Waals surface area contributed by atoms with Gasteiger partial charge < -0.3 is 14.7 Å². The number of aromatic amines is 1. The first-order chi connectivity index (χ1) is 12.2. The van der Waals surface area contributed by atoms with Crippen LogP contribution in [0.2, 0.25) is 0 Å². The number of carbonyl (C=O) groups excluding carboxylic acids is 1. The molecule has 0 saturated carbocycles. The first-order valence-electron chi connectivity index (χ1n) is 7.62. The van der Waals surface area contributed by atoms with Gasteiger partial charge in [-0.1, -0.05) is 6.07 Å². The van der Waals surface area contributed by atoms with Gasteiger partial charge >= 0.3 is 0 Å². The summed E-state index contributed by atoms with van der Waals surface area (Å²) in [4.78, 5) is 30.1. The second-order valence-corrected chi connectivity index (χ2v) is 5.52. The molecule has 8 nitrogen and oxygen atoms in total. The maximum atomic E-state index is 12.1. The van der Waals surface area contributed by atoms with E-state index in [0.717, 1.165) is 11.3 Å². The molecule has 1 amide bonds. The zero-order valence-electron chi connectivity index (χ0n) is 13.1. The van der Waals surface area contributed by atoms with Gasteiger partial charge in [0.2, 0.25) is 5.56 Å². The minimum absolute atomic E-state index is 0.253. The number of carbonyl (C=O) groups is 1. The quantitative estimate of drug-likeness (QED) is 0.591. The lowest BCUT2D eigenvalue weighted by Gasteiger charge is -2.01. The van der Waals surface area contributed by atoms with Gasteiger partial charge in [0.25, 0.3) is 5.91 Å². The lowest BCUT2D eigenvalue weighted by Crippen LogP contribution is -2.14. The number of H-pyrrole nitrogens is 1. The van der Waals surface area contributed by atoms with Crippen LogP contribution in [0.3, 0.4) is 0 Å². The predicted octanol–water partition coefficient (Wildman–Crippen LogP) is 1.52. The van der Waals surface area contributed by atoms with Crippen LogP contribution in [0, 0.1) is 0 Å². The predicted molar refractivity (Wildman–Crippen MR) is 91.5 cm³/mol. The smallest absolute Gasteiger partial charge is 0.257 e. The molecule has 0 atom stereocenters. The number of aromatic nitrogens is 5. The number of pyridine rings is 2. The minimum atomic E-state index is -0.316. The first kappa shape index (κ1) is 14.9. The van der Waals surface area contributed by atoms with Crippen molar-refractivity contribution in [1.82, 2.24) is 24.1 Å². The average molecular weight is 334 g/mol. The zero-order chi connectivity index (χ0) is 17.2. The average Bonchev–Trinajstić information content (AvgIpc) is 3.21. The van der Waals surface area contributed by atoms with Crippen LogP contribution < -0.4 is 10.9 Å². The van der Waals surface area contributed by atoms with E-state index < -0.39 is 0 Å². The number of amides is 1. The SMILES string of the molecule is O=C(Nc1cnn(Cc2cn3ccccc3n2)c1)c1ccc(=O)[nH]c1. The Labute approximate surface area is 141 Å². The molecule has 0 aliphatic heterocycles. The van der Waals surface area contributed by atoms with E-state index in [2.05, 4.69) is 20.4 Å². The van der Waals surface area contributed by atoms with Gasteiger partial charge in [0.1, 0.15) is 5.65 Å². The number of anilines is 1. The molecule has 0 unspecified atom stereocenters. The molecule has 0 aliphatic rings. The van der Waals surface area contributed by atoms with Crippen LogP contribution in [0.15, 0.2) is 66.1 Å². The van der Waals surface area contributed by atoms with Gasteiger partial charge in [-0.25, -0.2) is 4.98 Å². The summed E-state index contributed by atoms with van der Waals surface area (Å²) in [6.45, 7) is 0.496. The molecule has 4 aromatic rings. The Hall–Kier alpha value is -3.68. The fraction of sp³-hybridized carbons (Fsp3) is 0.0588. The summed E-state index contributed by atoms with van der Waals surface area (Å²) in [5.41, 5.74) is 2.42. The highest BCUT2D eigenvalue weighted by Gasteiger charge is 2.08. The van der Waals surface area contributed by atoms with Crippen molar-refractivity contribution in [3.05, 3.63) is 82.9 Å². The van der Waals surface area contributed by atoms with Gasteiger partial charge in [-0.3, -0.25) is 14.3 Å². The standard InChI is InChI=1S/C17H14N6O2/c24-16-5-4-12(7-18-16)17(25)21-13-8-19-23(10-13)11-14-9-22-6-2-1-3-15(22)20-14/h1-10H,11H2,(H,18,24)(H,21,25). The molecule has 0 aromatic carbocycles. The largest absolute Gasteiger partial charge is 0.328 e. The van der Waals surface area contributed by atoms with Crippen molar-refractivity contribution in [3.63, 3.8) is 0 Å². The second kappa shape index (κ2) is 6.08. The molecule has 0 spiro atoms. The fourth-order valence-corrected chi connectivity index (χ4v) is 2.50. The van der Waals surface area contributed by atoms with Gasteiger partial charge in [-0.05, 0) is 18.2 Å². The lowest BCUT2D eigenvalue weighted by atomic mass is 10.2. The zero-order valence-corrected chi connectivity index (χ0v) is 13.1. The van der Waals surface area contributed by atoms with Crippen molar-refractivity contribution in [2.45, 2.75) is 6.54 Å². The molecule has 0 saturated heterocycles. The minimum Gasteiger partial charge on any atom is -0.328 e. The number of fused-ring (bicyclic) bond motifs is 1. The van der Waals surface area contributed by atoms with Crippen molar-refractivity contribution in [2.24, 2.45) is 0 Å². The highest BCUT2D eigenvalue weighted by Crippen LogP contribution is 2.10. The van der Waals surface area contributed by atoms with E-state index in [1.165, 1.54) is 18.3 Å². The van der Waals surface area contributed by atoms with E-state index >= 15 is 0 Å². The van der Waals surface area contributed by atoms with Crippen LogP contribution >= 0.6 is 0 Å². The van der Waals surface area contributed by atoms with Crippen molar-refractivity contribution < 1.29 is 4.79 Å². The van der Waals surface area contributed by atoms with Crippen molar-refractivity contribution in [1.29, 1.82) is 0 Å². The summed E-state index contributed by atoms with van der Waals surface area (Å²) in [5.74, 6) is -0.316. The molecule has 4 aromatic heterocycles. The van der Waals surface area contributed by atoms with Gasteiger partial charge in [0, 0.05) is 30.9 Å². The van der Waals surface area contributed by atoms with Crippen LogP contribution in [0.4, 0.5) is 5.69 Å². The Kier molecular flexibility index (Phi) is 3.62. The molecule has 4 rings (SSSR count). The molecule has 4 heterocycles.